The number of nitrogens with zero attached hydrogens (tertiary/aromatic N) is 3. The van der Waals surface area contributed by atoms with E-state index in [2.05, 4.69) is 19.8 Å². The summed E-state index contributed by atoms with van der Waals surface area (Å²) in [5, 5.41) is 10.9. The number of fused-ring (bicyclic) bond motifs is 1. The van der Waals surface area contributed by atoms with Crippen molar-refractivity contribution in [2.24, 2.45) is 0 Å². The largest absolute Gasteiger partial charge is 0.395 e. The first-order chi connectivity index (χ1) is 10.3. The molecule has 0 bridgehead atoms. The third-order valence-corrected chi connectivity index (χ3v) is 4.74. The van der Waals surface area contributed by atoms with Crippen LogP contribution in [0.25, 0.3) is 10.2 Å². The zero-order valence-electron chi connectivity index (χ0n) is 11.9. The predicted molar refractivity (Wildman–Crippen MR) is 83.7 cm³/mol. The van der Waals surface area contributed by atoms with Crippen LogP contribution >= 0.6 is 11.3 Å². The Morgan fingerprint density at radius 3 is 2.95 bits per heavy atom. The number of H-pyrrole nitrogens is 1. The lowest BCUT2D eigenvalue weighted by molar-refractivity contribution is 0.195. The van der Waals surface area contributed by atoms with Crippen LogP contribution in [0.1, 0.15) is 12.2 Å². The smallest absolute Gasteiger partial charge is 0.268 e. The molecule has 0 saturated carbocycles. The van der Waals surface area contributed by atoms with Gasteiger partial charge in [0.05, 0.1) is 18.7 Å². The molecule has 1 aliphatic heterocycles. The van der Waals surface area contributed by atoms with E-state index in [1.165, 1.54) is 11.3 Å². The second-order valence-corrected chi connectivity index (χ2v) is 6.26. The first-order valence-electron chi connectivity index (χ1n) is 7.28. The van der Waals surface area contributed by atoms with Crippen LogP contribution in [-0.2, 0) is 6.54 Å². The highest BCUT2D eigenvalue weighted by Gasteiger charge is 2.16. The van der Waals surface area contributed by atoms with Crippen LogP contribution in [0, 0.1) is 0 Å². The van der Waals surface area contributed by atoms with Crippen molar-refractivity contribution in [2.75, 3.05) is 39.3 Å². The molecule has 21 heavy (non-hydrogen) atoms. The molecule has 0 spiro atoms. The van der Waals surface area contributed by atoms with Crippen LogP contribution < -0.4 is 5.56 Å². The molecule has 0 aliphatic carbocycles. The van der Waals surface area contributed by atoms with Gasteiger partial charge in [-0.1, -0.05) is 0 Å². The van der Waals surface area contributed by atoms with Crippen molar-refractivity contribution in [3.8, 4) is 0 Å². The molecule has 2 aromatic rings. The maximum atomic E-state index is 12.0. The Morgan fingerprint density at radius 2 is 2.10 bits per heavy atom. The highest BCUT2D eigenvalue weighted by Crippen LogP contribution is 2.14. The summed E-state index contributed by atoms with van der Waals surface area (Å²) < 4.78 is 0.698. The van der Waals surface area contributed by atoms with Gasteiger partial charge in [0.1, 0.15) is 10.5 Å². The Labute approximate surface area is 127 Å². The van der Waals surface area contributed by atoms with Gasteiger partial charge in [-0.15, -0.1) is 11.3 Å². The van der Waals surface area contributed by atoms with Crippen molar-refractivity contribution in [1.29, 1.82) is 0 Å². The summed E-state index contributed by atoms with van der Waals surface area (Å²) in [6.45, 7) is 5.52. The summed E-state index contributed by atoms with van der Waals surface area (Å²) >= 11 is 1.43. The lowest BCUT2D eigenvalue weighted by atomic mass is 10.3. The van der Waals surface area contributed by atoms with Crippen molar-refractivity contribution in [3.05, 3.63) is 27.6 Å². The molecule has 3 heterocycles. The number of hydrogen-bond acceptors (Lipinski definition) is 6. The number of aliphatic hydroxyl groups is 1. The minimum Gasteiger partial charge on any atom is -0.395 e. The zero-order chi connectivity index (χ0) is 14.7. The van der Waals surface area contributed by atoms with E-state index in [-0.39, 0.29) is 12.2 Å². The van der Waals surface area contributed by atoms with Gasteiger partial charge in [0.2, 0.25) is 0 Å². The van der Waals surface area contributed by atoms with E-state index in [0.29, 0.717) is 11.2 Å². The molecular weight excluding hydrogens is 288 g/mol. The molecule has 0 amide bonds. The first-order valence-corrected chi connectivity index (χ1v) is 8.16. The predicted octanol–water partition coefficient (Wildman–Crippen LogP) is 0.485. The van der Waals surface area contributed by atoms with E-state index in [0.717, 1.165) is 50.5 Å². The van der Waals surface area contributed by atoms with Gasteiger partial charge in [-0.25, -0.2) is 4.98 Å². The second-order valence-electron chi connectivity index (χ2n) is 5.34. The van der Waals surface area contributed by atoms with Gasteiger partial charge in [0.25, 0.3) is 5.56 Å². The SMILES string of the molecule is O=c1[nH]c(CN2CCCN(CCO)CC2)nc2ccsc12. The van der Waals surface area contributed by atoms with E-state index in [4.69, 9.17) is 5.11 Å². The summed E-state index contributed by atoms with van der Waals surface area (Å²) in [7, 11) is 0. The number of thiophene rings is 1. The Bertz CT molecular complexity index is 654. The molecule has 1 fully saturated rings. The van der Waals surface area contributed by atoms with E-state index >= 15 is 0 Å². The van der Waals surface area contributed by atoms with Crippen LogP contribution in [0.2, 0.25) is 0 Å². The number of hydrogen-bond donors (Lipinski definition) is 2. The van der Waals surface area contributed by atoms with Gasteiger partial charge >= 0.3 is 0 Å². The lowest BCUT2D eigenvalue weighted by Crippen LogP contribution is -2.32. The van der Waals surface area contributed by atoms with E-state index in [9.17, 15) is 4.79 Å². The summed E-state index contributed by atoms with van der Waals surface area (Å²) in [4.78, 5) is 24.0. The van der Waals surface area contributed by atoms with Crippen LogP contribution in [0.15, 0.2) is 16.2 Å². The summed E-state index contributed by atoms with van der Waals surface area (Å²) in [6.07, 6.45) is 1.07. The van der Waals surface area contributed by atoms with Crippen LogP contribution in [0.4, 0.5) is 0 Å². The van der Waals surface area contributed by atoms with Crippen LogP contribution in [-0.4, -0.2) is 64.2 Å². The normalized spacial score (nSPS) is 18.1. The van der Waals surface area contributed by atoms with E-state index in [1.807, 2.05) is 11.4 Å². The molecule has 0 radical (unpaired) electrons. The quantitative estimate of drug-likeness (QED) is 0.860. The maximum Gasteiger partial charge on any atom is 0.268 e. The van der Waals surface area contributed by atoms with Crippen molar-refractivity contribution in [2.45, 2.75) is 13.0 Å². The number of aliphatic hydroxyl groups excluding tert-OH is 1. The molecule has 2 N–H and O–H groups in total. The standard InChI is InChI=1S/C14H20N4O2S/c19-8-7-17-3-1-4-18(6-5-17)10-12-15-11-2-9-21-13(11)14(20)16-12/h2,9,19H,1,3-8,10H2,(H,15,16,20). The molecular formula is C14H20N4O2S. The molecule has 0 unspecified atom stereocenters. The monoisotopic (exact) mass is 308 g/mol. The zero-order valence-corrected chi connectivity index (χ0v) is 12.7. The molecule has 0 atom stereocenters. The van der Waals surface area contributed by atoms with E-state index in [1.54, 1.807) is 0 Å². The van der Waals surface area contributed by atoms with Gasteiger partial charge in [-0.2, -0.15) is 0 Å². The number of nitrogens with one attached hydrogen (secondary N) is 1. The fourth-order valence-electron chi connectivity index (χ4n) is 2.76. The first kappa shape index (κ1) is 14.6. The molecule has 7 heteroatoms. The summed E-state index contributed by atoms with van der Waals surface area (Å²) in [5.74, 6) is 0.738. The van der Waals surface area contributed by atoms with Crippen LogP contribution in [0.5, 0.6) is 0 Å². The molecule has 1 aliphatic rings. The number of β-amino-alcohol motifs (C(OH)–C–C–N with tert-alkyl or cyclic N) is 1. The van der Waals surface area contributed by atoms with Crippen molar-refractivity contribution >= 4 is 21.6 Å². The maximum absolute atomic E-state index is 12.0. The Balaban J connectivity index is 1.68. The molecule has 0 aromatic carbocycles. The lowest BCUT2D eigenvalue weighted by Gasteiger charge is -2.20. The Hall–Kier alpha value is -1.28. The number of aromatic nitrogens is 2. The Morgan fingerprint density at radius 1 is 1.29 bits per heavy atom. The third kappa shape index (κ3) is 3.49. The van der Waals surface area contributed by atoms with Crippen molar-refractivity contribution in [1.82, 2.24) is 19.8 Å². The topological polar surface area (TPSA) is 72.5 Å². The third-order valence-electron chi connectivity index (χ3n) is 3.83. The highest BCUT2D eigenvalue weighted by molar-refractivity contribution is 7.17. The van der Waals surface area contributed by atoms with Crippen molar-refractivity contribution in [3.63, 3.8) is 0 Å². The molecule has 1 saturated heterocycles. The number of aromatic amines is 1. The Kier molecular flexibility index (Phi) is 4.64. The minimum atomic E-state index is -0.0401. The fraction of sp³-hybridized carbons (Fsp3) is 0.571. The van der Waals surface area contributed by atoms with Gasteiger partial charge in [-0.05, 0) is 31.0 Å². The van der Waals surface area contributed by atoms with Gasteiger partial charge in [0, 0.05) is 19.6 Å². The average molecular weight is 308 g/mol. The van der Waals surface area contributed by atoms with Gasteiger partial charge in [-0.3, -0.25) is 14.6 Å². The molecule has 114 valence electrons. The summed E-state index contributed by atoms with van der Waals surface area (Å²) in [5.41, 5.74) is 0.747. The van der Waals surface area contributed by atoms with Gasteiger partial charge in [0.15, 0.2) is 0 Å². The van der Waals surface area contributed by atoms with Gasteiger partial charge < -0.3 is 10.1 Å². The summed E-state index contributed by atoms with van der Waals surface area (Å²) in [6, 6.07) is 1.89. The van der Waals surface area contributed by atoms with Crippen LogP contribution in [0.3, 0.4) is 0 Å². The van der Waals surface area contributed by atoms with E-state index < -0.39 is 0 Å². The molecule has 6 nitrogen and oxygen atoms in total. The van der Waals surface area contributed by atoms with Crippen molar-refractivity contribution < 1.29 is 5.11 Å². The minimum absolute atomic E-state index is 0.0401. The number of rotatable bonds is 4. The second kappa shape index (κ2) is 6.65. The average Bonchev–Trinajstić information content (AvgIpc) is 2.83. The molecule has 2 aromatic heterocycles. The fourth-order valence-corrected chi connectivity index (χ4v) is 3.48. The molecule has 3 rings (SSSR count). The highest BCUT2D eigenvalue weighted by atomic mass is 32.1.